The summed E-state index contributed by atoms with van der Waals surface area (Å²) in [6, 6.07) is 5.13. The van der Waals surface area contributed by atoms with Gasteiger partial charge in [0.2, 0.25) is 0 Å². The summed E-state index contributed by atoms with van der Waals surface area (Å²) in [5.74, 6) is 0. The number of rotatable bonds is 1. The fourth-order valence-electron chi connectivity index (χ4n) is 3.23. The molecule has 0 aromatic carbocycles. The number of ether oxygens (including phenoxy) is 1. The Hall–Kier alpha value is -2.21. The second-order valence-corrected chi connectivity index (χ2v) is 8.00. The molecular formula is C19H23ClN3O3+. The molecule has 2 aromatic heterocycles. The summed E-state index contributed by atoms with van der Waals surface area (Å²) in [5, 5.41) is 0.911. The lowest BCUT2D eigenvalue weighted by atomic mass is 10.0. The van der Waals surface area contributed by atoms with Crippen LogP contribution < -0.4 is 5.56 Å². The molecular weight excluding hydrogens is 354 g/mol. The summed E-state index contributed by atoms with van der Waals surface area (Å²) in [4.78, 5) is 29.3. The zero-order valence-electron chi connectivity index (χ0n) is 15.5. The second kappa shape index (κ2) is 6.83. The Morgan fingerprint density at radius 1 is 1.35 bits per heavy atom. The van der Waals surface area contributed by atoms with E-state index in [1.54, 1.807) is 33.5 Å². The van der Waals surface area contributed by atoms with Crippen LogP contribution in [0.2, 0.25) is 5.15 Å². The fraction of sp³-hybridized carbons (Fsp3) is 0.474. The van der Waals surface area contributed by atoms with Crippen LogP contribution in [-0.4, -0.2) is 38.1 Å². The van der Waals surface area contributed by atoms with E-state index in [4.69, 9.17) is 16.3 Å². The zero-order chi connectivity index (χ0) is 19.1. The van der Waals surface area contributed by atoms with Gasteiger partial charge in [-0.3, -0.25) is 4.79 Å². The summed E-state index contributed by atoms with van der Waals surface area (Å²) < 4.78 is 8.85. The molecule has 0 unspecified atom stereocenters. The molecule has 26 heavy (non-hydrogen) atoms. The van der Waals surface area contributed by atoms with Gasteiger partial charge in [0.25, 0.3) is 5.56 Å². The molecule has 1 amide bonds. The van der Waals surface area contributed by atoms with Crippen LogP contribution in [0.3, 0.4) is 0 Å². The Balaban J connectivity index is 1.88. The molecule has 0 radical (unpaired) electrons. The summed E-state index contributed by atoms with van der Waals surface area (Å²) in [6.07, 6.45) is 2.72. The minimum atomic E-state index is -0.530. The van der Waals surface area contributed by atoms with E-state index >= 15 is 0 Å². The maximum absolute atomic E-state index is 12.8. The molecule has 0 bridgehead atoms. The van der Waals surface area contributed by atoms with Crippen molar-refractivity contribution >= 4 is 34.3 Å². The van der Waals surface area contributed by atoms with Gasteiger partial charge in [-0.05, 0) is 39.0 Å². The fourth-order valence-corrected chi connectivity index (χ4v) is 3.38. The smallest absolute Gasteiger partial charge is 0.406 e. The predicted molar refractivity (Wildman–Crippen MR) is 101 cm³/mol. The maximum Gasteiger partial charge on any atom is 0.596 e. The van der Waals surface area contributed by atoms with Gasteiger partial charge in [-0.15, -0.1) is 4.58 Å². The molecule has 0 spiro atoms. The third kappa shape index (κ3) is 3.80. The SMILES string of the molecule is CC1=[N+](C(=O)OC(C)(C)C)CC[C@H](n2ccc3nc(Cl)ccc3c2=O)C1. The van der Waals surface area contributed by atoms with E-state index in [0.29, 0.717) is 35.4 Å². The molecule has 1 atom stereocenters. The van der Waals surface area contributed by atoms with Crippen LogP contribution in [0.1, 0.15) is 46.6 Å². The molecule has 1 aliphatic rings. The minimum Gasteiger partial charge on any atom is -0.406 e. The number of pyridine rings is 2. The first kappa shape index (κ1) is 18.6. The van der Waals surface area contributed by atoms with Crippen LogP contribution >= 0.6 is 11.6 Å². The largest absolute Gasteiger partial charge is 0.596 e. The highest BCUT2D eigenvalue weighted by molar-refractivity contribution is 6.29. The van der Waals surface area contributed by atoms with Crippen molar-refractivity contribution in [3.8, 4) is 0 Å². The van der Waals surface area contributed by atoms with Gasteiger partial charge in [0.1, 0.15) is 10.8 Å². The highest BCUT2D eigenvalue weighted by atomic mass is 35.5. The van der Waals surface area contributed by atoms with Gasteiger partial charge in [0, 0.05) is 26.0 Å². The number of carbonyl (C=O) groups excluding carboxylic acids is 1. The van der Waals surface area contributed by atoms with Gasteiger partial charge < -0.3 is 9.30 Å². The third-order valence-corrected chi connectivity index (χ3v) is 4.64. The number of fused-ring (bicyclic) bond motifs is 1. The molecule has 0 fully saturated rings. The van der Waals surface area contributed by atoms with Crippen LogP contribution in [0.4, 0.5) is 4.79 Å². The van der Waals surface area contributed by atoms with Gasteiger partial charge in [0.15, 0.2) is 12.3 Å². The number of hydrogen-bond acceptors (Lipinski definition) is 4. The van der Waals surface area contributed by atoms with Crippen molar-refractivity contribution in [3.05, 3.63) is 39.9 Å². The van der Waals surface area contributed by atoms with E-state index in [2.05, 4.69) is 4.98 Å². The Kier molecular flexibility index (Phi) is 4.88. The van der Waals surface area contributed by atoms with Crippen molar-refractivity contribution in [3.63, 3.8) is 0 Å². The lowest BCUT2D eigenvalue weighted by Gasteiger charge is -2.24. The van der Waals surface area contributed by atoms with E-state index in [9.17, 15) is 9.59 Å². The predicted octanol–water partition coefficient (Wildman–Crippen LogP) is 3.79. The molecule has 2 aromatic rings. The van der Waals surface area contributed by atoms with Crippen molar-refractivity contribution < 1.29 is 14.1 Å². The first-order valence-electron chi connectivity index (χ1n) is 8.66. The molecule has 138 valence electrons. The van der Waals surface area contributed by atoms with Crippen molar-refractivity contribution in [2.75, 3.05) is 6.54 Å². The molecule has 7 heteroatoms. The van der Waals surface area contributed by atoms with Gasteiger partial charge in [0.05, 0.1) is 16.9 Å². The van der Waals surface area contributed by atoms with Gasteiger partial charge >= 0.3 is 6.09 Å². The molecule has 0 aliphatic carbocycles. The number of hydrogen-bond donors (Lipinski definition) is 0. The van der Waals surface area contributed by atoms with E-state index in [-0.39, 0.29) is 17.7 Å². The molecule has 0 N–H and O–H groups in total. The molecule has 0 saturated heterocycles. The van der Waals surface area contributed by atoms with Crippen LogP contribution in [0, 0.1) is 0 Å². The van der Waals surface area contributed by atoms with Gasteiger partial charge in [-0.25, -0.2) is 4.98 Å². The summed E-state index contributed by atoms with van der Waals surface area (Å²) in [6.45, 7) is 7.98. The number of carbonyl (C=O) groups is 1. The summed E-state index contributed by atoms with van der Waals surface area (Å²) >= 11 is 5.90. The average molecular weight is 377 g/mol. The maximum atomic E-state index is 12.8. The van der Waals surface area contributed by atoms with Gasteiger partial charge in [-0.1, -0.05) is 11.6 Å². The standard InChI is InChI=1S/C19H23ClN3O3/c1-12-11-13(7-9-22(12)18(25)26-19(2,3)4)23-10-8-15-14(17(23)24)5-6-16(20)21-15/h5-6,8,10,13H,7,9,11H2,1-4H3/q+1/t13-/m0/s1. The quantitative estimate of drug-likeness (QED) is 0.561. The zero-order valence-corrected chi connectivity index (χ0v) is 16.2. The Morgan fingerprint density at radius 2 is 2.08 bits per heavy atom. The molecule has 0 saturated carbocycles. The summed E-state index contributed by atoms with van der Waals surface area (Å²) in [5.41, 5.74) is 0.871. The average Bonchev–Trinajstić information content (AvgIpc) is 2.53. The van der Waals surface area contributed by atoms with Crippen LogP contribution in [-0.2, 0) is 4.74 Å². The molecule has 3 rings (SSSR count). The number of amides is 1. The monoisotopic (exact) mass is 376 g/mol. The van der Waals surface area contributed by atoms with Crippen molar-refractivity contribution in [2.45, 2.75) is 52.2 Å². The van der Waals surface area contributed by atoms with Gasteiger partial charge in [-0.2, -0.15) is 4.79 Å². The Morgan fingerprint density at radius 3 is 2.73 bits per heavy atom. The first-order chi connectivity index (χ1) is 12.2. The van der Waals surface area contributed by atoms with Crippen LogP contribution in [0.15, 0.2) is 29.2 Å². The van der Waals surface area contributed by atoms with Crippen LogP contribution in [0.25, 0.3) is 10.9 Å². The lowest BCUT2D eigenvalue weighted by Crippen LogP contribution is -2.39. The van der Waals surface area contributed by atoms with E-state index in [1.165, 1.54) is 0 Å². The molecule has 6 nitrogen and oxygen atoms in total. The summed E-state index contributed by atoms with van der Waals surface area (Å²) in [7, 11) is 0. The van der Waals surface area contributed by atoms with Crippen molar-refractivity contribution in [2.24, 2.45) is 0 Å². The van der Waals surface area contributed by atoms with Crippen molar-refractivity contribution in [1.82, 2.24) is 9.55 Å². The normalized spacial score (nSPS) is 18.3. The lowest BCUT2D eigenvalue weighted by molar-refractivity contribution is -0.458. The Bertz CT molecular complexity index is 957. The molecule has 3 heterocycles. The van der Waals surface area contributed by atoms with E-state index in [1.807, 2.05) is 27.7 Å². The van der Waals surface area contributed by atoms with E-state index < -0.39 is 5.60 Å². The first-order valence-corrected chi connectivity index (χ1v) is 9.04. The molecule has 1 aliphatic heterocycles. The number of halogens is 1. The highest BCUT2D eigenvalue weighted by Gasteiger charge is 2.34. The van der Waals surface area contributed by atoms with E-state index in [0.717, 1.165) is 5.71 Å². The number of nitrogens with zero attached hydrogens (tertiary/aromatic N) is 3. The minimum absolute atomic E-state index is 0.00117. The third-order valence-electron chi connectivity index (χ3n) is 4.43. The topological polar surface area (TPSA) is 64.2 Å². The highest BCUT2D eigenvalue weighted by Crippen LogP contribution is 2.22. The Labute approximate surface area is 157 Å². The second-order valence-electron chi connectivity index (χ2n) is 7.61. The number of aromatic nitrogens is 2. The van der Waals surface area contributed by atoms with Crippen molar-refractivity contribution in [1.29, 1.82) is 0 Å². The van der Waals surface area contributed by atoms with Crippen LogP contribution in [0.5, 0.6) is 0 Å².